The molecule has 7 heteroatoms. The largest absolute Gasteiger partial charge is 0.461 e. The summed E-state index contributed by atoms with van der Waals surface area (Å²) in [5.41, 5.74) is 1.88. The normalized spacial score (nSPS) is 22.0. The first kappa shape index (κ1) is 24.9. The van der Waals surface area contributed by atoms with Crippen molar-refractivity contribution in [3.63, 3.8) is 0 Å². The van der Waals surface area contributed by atoms with Crippen LogP contribution in [0.15, 0.2) is 54.9 Å². The topological polar surface area (TPSA) is 83.0 Å². The molecule has 2 atom stereocenters. The molecule has 5 rings (SSSR count). The van der Waals surface area contributed by atoms with Crippen LogP contribution in [0.5, 0.6) is 0 Å². The Labute approximate surface area is 196 Å². The van der Waals surface area contributed by atoms with E-state index in [1.807, 2.05) is 49.4 Å². The van der Waals surface area contributed by atoms with Crippen molar-refractivity contribution < 1.29 is 19.4 Å². The molecule has 3 fully saturated rings. The lowest BCUT2D eigenvalue weighted by atomic mass is 9.86. The van der Waals surface area contributed by atoms with Crippen molar-refractivity contribution in [3.8, 4) is 0 Å². The van der Waals surface area contributed by atoms with Crippen LogP contribution in [0.4, 0.5) is 0 Å². The Morgan fingerprint density at radius 1 is 1.15 bits per heavy atom. The van der Waals surface area contributed by atoms with Crippen LogP contribution >= 0.6 is 0 Å². The maximum atomic E-state index is 12.7. The van der Waals surface area contributed by atoms with Gasteiger partial charge in [-0.1, -0.05) is 30.3 Å². The Morgan fingerprint density at radius 2 is 1.82 bits per heavy atom. The molecular weight excluding hydrogens is 418 g/mol. The highest BCUT2D eigenvalue weighted by molar-refractivity contribution is 5.83. The zero-order valence-electron chi connectivity index (χ0n) is 19.6. The maximum absolute atomic E-state index is 12.7. The third-order valence-corrected chi connectivity index (χ3v) is 6.41. The fourth-order valence-electron chi connectivity index (χ4n) is 4.54. The summed E-state index contributed by atoms with van der Waals surface area (Å²) in [5, 5.41) is 9.60. The Hall–Kier alpha value is -2.77. The van der Waals surface area contributed by atoms with Crippen LogP contribution in [0, 0.1) is 5.92 Å². The molecule has 0 aliphatic carbocycles. The minimum atomic E-state index is -0.506. The van der Waals surface area contributed by atoms with Gasteiger partial charge in [0.1, 0.15) is 6.10 Å². The molecule has 2 unspecified atom stereocenters. The van der Waals surface area contributed by atoms with Crippen molar-refractivity contribution in [1.29, 1.82) is 0 Å². The number of piperidine rings is 3. The number of carbonyl (C=O) groups is 2. The SMILES string of the molecule is CC(=O)OC1CN2CCC1CC2.CCN(Cc1ccncc1)C(=O)C(CO)c1ccccc1. The number of hydrogen-bond donors (Lipinski definition) is 1. The molecule has 2 aromatic rings. The monoisotopic (exact) mass is 453 g/mol. The van der Waals surface area contributed by atoms with Crippen LogP contribution in [0.25, 0.3) is 0 Å². The number of aromatic nitrogens is 1. The van der Waals surface area contributed by atoms with Gasteiger partial charge in [0.25, 0.3) is 0 Å². The number of carbonyl (C=O) groups excluding carboxylic acids is 2. The fourth-order valence-corrected chi connectivity index (χ4v) is 4.54. The van der Waals surface area contributed by atoms with Gasteiger partial charge in [-0.05, 0) is 62.0 Å². The number of rotatable bonds is 7. The van der Waals surface area contributed by atoms with Gasteiger partial charge in [-0.3, -0.25) is 19.5 Å². The summed E-state index contributed by atoms with van der Waals surface area (Å²) in [7, 11) is 0. The smallest absolute Gasteiger partial charge is 0.302 e. The van der Waals surface area contributed by atoms with Gasteiger partial charge < -0.3 is 14.7 Å². The van der Waals surface area contributed by atoms with E-state index in [1.54, 1.807) is 17.3 Å². The third-order valence-electron chi connectivity index (χ3n) is 6.41. The van der Waals surface area contributed by atoms with E-state index in [0.29, 0.717) is 19.0 Å². The van der Waals surface area contributed by atoms with E-state index in [-0.39, 0.29) is 24.6 Å². The van der Waals surface area contributed by atoms with Gasteiger partial charge in [-0.25, -0.2) is 0 Å². The number of ether oxygens (including phenoxy) is 1. The summed E-state index contributed by atoms with van der Waals surface area (Å²) >= 11 is 0. The highest BCUT2D eigenvalue weighted by Gasteiger charge is 2.35. The number of aliphatic hydroxyl groups excluding tert-OH is 1. The summed E-state index contributed by atoms with van der Waals surface area (Å²) in [4.78, 5) is 31.5. The number of hydrogen-bond acceptors (Lipinski definition) is 6. The number of pyridine rings is 1. The minimum absolute atomic E-state index is 0.0528. The van der Waals surface area contributed by atoms with Crippen LogP contribution in [0.1, 0.15) is 43.7 Å². The first-order valence-electron chi connectivity index (χ1n) is 11.7. The lowest BCUT2D eigenvalue weighted by molar-refractivity contribution is -0.156. The second kappa shape index (κ2) is 12.5. The van der Waals surface area contributed by atoms with E-state index in [9.17, 15) is 14.7 Å². The summed E-state index contributed by atoms with van der Waals surface area (Å²) in [6, 6.07) is 13.2. The van der Waals surface area contributed by atoms with E-state index in [1.165, 1.54) is 32.9 Å². The summed E-state index contributed by atoms with van der Waals surface area (Å²) < 4.78 is 5.24. The van der Waals surface area contributed by atoms with Crippen LogP contribution in [-0.4, -0.2) is 70.7 Å². The van der Waals surface area contributed by atoms with Crippen molar-refractivity contribution in [2.24, 2.45) is 5.92 Å². The van der Waals surface area contributed by atoms with Gasteiger partial charge >= 0.3 is 5.97 Å². The van der Waals surface area contributed by atoms with E-state index in [0.717, 1.165) is 17.7 Å². The summed E-state index contributed by atoms with van der Waals surface area (Å²) in [5.74, 6) is -0.0522. The van der Waals surface area contributed by atoms with Crippen molar-refractivity contribution in [2.45, 2.75) is 45.3 Å². The minimum Gasteiger partial charge on any atom is -0.461 e. The van der Waals surface area contributed by atoms with Crippen molar-refractivity contribution >= 4 is 11.9 Å². The number of fused-ring (bicyclic) bond motifs is 3. The highest BCUT2D eigenvalue weighted by Crippen LogP contribution is 2.29. The van der Waals surface area contributed by atoms with E-state index in [2.05, 4.69) is 9.88 Å². The molecule has 1 N–H and O–H groups in total. The number of likely N-dealkylation sites (N-methyl/N-ethyl adjacent to an activating group) is 1. The van der Waals surface area contributed by atoms with Gasteiger partial charge in [0.05, 0.1) is 12.5 Å². The standard InChI is InChI=1S/C17H20N2O2.C9H15NO2/c1-2-19(12-14-8-10-18-11-9-14)17(21)16(13-20)15-6-4-3-5-7-15;1-7(11)12-9-6-10-4-2-8(9)3-5-10/h3-11,16,20H,2,12-13H2,1H3;8-9H,2-6H2,1H3. The molecule has 3 saturated heterocycles. The van der Waals surface area contributed by atoms with E-state index in [4.69, 9.17) is 4.74 Å². The zero-order chi connectivity index (χ0) is 23.6. The van der Waals surface area contributed by atoms with Crippen LogP contribution in [0.2, 0.25) is 0 Å². The molecule has 0 radical (unpaired) electrons. The first-order chi connectivity index (χ1) is 16.0. The van der Waals surface area contributed by atoms with Gasteiger partial charge in [0.2, 0.25) is 5.91 Å². The lowest BCUT2D eigenvalue weighted by Crippen LogP contribution is -2.51. The molecule has 1 aromatic carbocycles. The molecule has 3 aliphatic heterocycles. The van der Waals surface area contributed by atoms with Crippen LogP contribution in [-0.2, 0) is 20.9 Å². The van der Waals surface area contributed by atoms with Gasteiger partial charge in [-0.2, -0.15) is 0 Å². The predicted octanol–water partition coefficient (Wildman–Crippen LogP) is 2.85. The quantitative estimate of drug-likeness (QED) is 0.649. The molecule has 4 heterocycles. The van der Waals surface area contributed by atoms with E-state index >= 15 is 0 Å². The van der Waals surface area contributed by atoms with Gasteiger partial charge in [0.15, 0.2) is 0 Å². The number of esters is 1. The lowest BCUT2D eigenvalue weighted by Gasteiger charge is -2.43. The number of amides is 1. The van der Waals surface area contributed by atoms with Gasteiger partial charge in [0, 0.05) is 39.0 Å². The molecular formula is C26H35N3O4. The van der Waals surface area contributed by atoms with Crippen LogP contribution in [0.3, 0.4) is 0 Å². The molecule has 0 spiro atoms. The van der Waals surface area contributed by atoms with Crippen molar-refractivity contribution in [2.75, 3.05) is 32.8 Å². The maximum Gasteiger partial charge on any atom is 0.302 e. The molecule has 33 heavy (non-hydrogen) atoms. The molecule has 178 valence electrons. The molecule has 0 saturated carbocycles. The second-order valence-electron chi connectivity index (χ2n) is 8.64. The first-order valence-corrected chi connectivity index (χ1v) is 11.7. The Balaban J connectivity index is 0.000000215. The Morgan fingerprint density at radius 3 is 2.33 bits per heavy atom. The molecule has 7 nitrogen and oxygen atoms in total. The Bertz CT molecular complexity index is 870. The molecule has 3 aliphatic rings. The summed E-state index contributed by atoms with van der Waals surface area (Å²) in [6.07, 6.45) is 6.03. The Kier molecular flexibility index (Phi) is 9.39. The fraction of sp³-hybridized carbons (Fsp3) is 0.500. The third kappa shape index (κ3) is 7.11. The molecule has 1 aromatic heterocycles. The number of aliphatic hydroxyl groups is 1. The number of benzene rings is 1. The zero-order valence-corrected chi connectivity index (χ0v) is 19.6. The van der Waals surface area contributed by atoms with Gasteiger partial charge in [-0.15, -0.1) is 0 Å². The highest BCUT2D eigenvalue weighted by atomic mass is 16.5. The number of nitrogens with zero attached hydrogens (tertiary/aromatic N) is 3. The average molecular weight is 454 g/mol. The molecule has 2 bridgehead atoms. The van der Waals surface area contributed by atoms with Crippen molar-refractivity contribution in [3.05, 3.63) is 66.0 Å². The van der Waals surface area contributed by atoms with Crippen LogP contribution < -0.4 is 0 Å². The second-order valence-corrected chi connectivity index (χ2v) is 8.64. The van der Waals surface area contributed by atoms with Crippen molar-refractivity contribution in [1.82, 2.24) is 14.8 Å². The molecule has 1 amide bonds. The average Bonchev–Trinajstić information content (AvgIpc) is 2.85. The predicted molar refractivity (Wildman–Crippen MR) is 126 cm³/mol. The summed E-state index contributed by atoms with van der Waals surface area (Å²) in [6.45, 7) is 7.74. The van der Waals surface area contributed by atoms with E-state index < -0.39 is 5.92 Å².